The first kappa shape index (κ1) is 6.82. The predicted molar refractivity (Wildman–Crippen MR) is 35.0 cm³/mol. The fourth-order valence-electron chi connectivity index (χ4n) is 0.506. The molecule has 4 nitrogen and oxygen atoms in total. The van der Waals surface area contributed by atoms with E-state index in [-0.39, 0.29) is 0 Å². The van der Waals surface area contributed by atoms with Crippen LogP contribution in [0.25, 0.3) is 0 Å². The first-order valence-electron chi connectivity index (χ1n) is 2.77. The maximum atomic E-state index is 9.06. The molecule has 1 heterocycles. The van der Waals surface area contributed by atoms with Gasteiger partial charge in [-0.15, -0.1) is 6.58 Å². The van der Waals surface area contributed by atoms with Gasteiger partial charge in [-0.05, 0) is 0 Å². The molecule has 1 atom stereocenters. The molecule has 0 aromatic carbocycles. The number of hydrogen-bond donors (Lipinski definition) is 1. The summed E-state index contributed by atoms with van der Waals surface area (Å²) in [5.74, 6) is 0.324. The van der Waals surface area contributed by atoms with Gasteiger partial charge < -0.3 is 5.11 Å². The largest absolute Gasteiger partial charge is 0.381 e. The van der Waals surface area contributed by atoms with E-state index in [1.165, 1.54) is 18.7 Å². The highest BCUT2D eigenvalue weighted by Crippen LogP contribution is 2.03. The van der Waals surface area contributed by atoms with Crippen molar-refractivity contribution in [1.82, 2.24) is 15.0 Å². The molecule has 0 aliphatic carbocycles. The van der Waals surface area contributed by atoms with Gasteiger partial charge in [-0.25, -0.2) is 15.0 Å². The summed E-state index contributed by atoms with van der Waals surface area (Å²) in [5.41, 5.74) is 0. The topological polar surface area (TPSA) is 58.9 Å². The zero-order valence-electron chi connectivity index (χ0n) is 5.31. The second kappa shape index (κ2) is 3.03. The quantitative estimate of drug-likeness (QED) is 0.587. The SMILES string of the molecule is C=CC(O)c1ncncn1. The second-order valence-electron chi connectivity index (χ2n) is 1.68. The summed E-state index contributed by atoms with van der Waals surface area (Å²) in [5, 5.41) is 9.06. The minimum Gasteiger partial charge on any atom is -0.381 e. The fourth-order valence-corrected chi connectivity index (χ4v) is 0.506. The van der Waals surface area contributed by atoms with Crippen molar-refractivity contribution in [2.75, 3.05) is 0 Å². The van der Waals surface area contributed by atoms with E-state index in [0.717, 1.165) is 0 Å². The van der Waals surface area contributed by atoms with Crippen LogP contribution in [0.15, 0.2) is 25.3 Å². The van der Waals surface area contributed by atoms with E-state index >= 15 is 0 Å². The Bertz CT molecular complexity index is 211. The summed E-state index contributed by atoms with van der Waals surface area (Å²) in [7, 11) is 0. The Hall–Kier alpha value is -1.29. The molecule has 1 aromatic heterocycles. The van der Waals surface area contributed by atoms with Gasteiger partial charge in [0.05, 0.1) is 0 Å². The lowest BCUT2D eigenvalue weighted by Crippen LogP contribution is -1.99. The highest BCUT2D eigenvalue weighted by atomic mass is 16.3. The van der Waals surface area contributed by atoms with Crippen LogP contribution in [-0.2, 0) is 0 Å². The van der Waals surface area contributed by atoms with Crippen molar-refractivity contribution in [1.29, 1.82) is 0 Å². The Morgan fingerprint density at radius 3 is 2.60 bits per heavy atom. The number of nitrogens with zero attached hydrogens (tertiary/aromatic N) is 3. The van der Waals surface area contributed by atoms with Crippen LogP contribution in [0.5, 0.6) is 0 Å². The molecule has 0 spiro atoms. The Kier molecular flexibility index (Phi) is 2.07. The summed E-state index contributed by atoms with van der Waals surface area (Å²) < 4.78 is 0. The molecule has 0 bridgehead atoms. The molecule has 0 saturated heterocycles. The molecule has 0 fully saturated rings. The van der Waals surface area contributed by atoms with Crippen LogP contribution in [0.1, 0.15) is 11.9 Å². The van der Waals surface area contributed by atoms with Crippen molar-refractivity contribution in [3.8, 4) is 0 Å². The van der Waals surface area contributed by atoms with Gasteiger partial charge in [-0.1, -0.05) is 6.08 Å². The lowest BCUT2D eigenvalue weighted by atomic mass is 10.3. The summed E-state index contributed by atoms with van der Waals surface area (Å²) in [6, 6.07) is 0. The van der Waals surface area contributed by atoms with Gasteiger partial charge in [0, 0.05) is 0 Å². The molecule has 52 valence electrons. The molecule has 0 saturated carbocycles. The van der Waals surface area contributed by atoms with E-state index < -0.39 is 6.10 Å². The van der Waals surface area contributed by atoms with Crippen LogP contribution in [-0.4, -0.2) is 20.1 Å². The normalized spacial score (nSPS) is 12.5. The average molecular weight is 137 g/mol. The van der Waals surface area contributed by atoms with Crippen molar-refractivity contribution in [3.05, 3.63) is 31.1 Å². The number of aliphatic hydroxyl groups excluding tert-OH is 1. The number of aromatic nitrogens is 3. The Morgan fingerprint density at radius 2 is 2.10 bits per heavy atom. The van der Waals surface area contributed by atoms with Gasteiger partial charge in [0.15, 0.2) is 5.82 Å². The third-order valence-corrected chi connectivity index (χ3v) is 1.00. The molecule has 4 heteroatoms. The maximum absolute atomic E-state index is 9.06. The Labute approximate surface area is 58.3 Å². The van der Waals surface area contributed by atoms with Gasteiger partial charge in [-0.3, -0.25) is 0 Å². The molecule has 0 aliphatic rings. The number of hydrogen-bond acceptors (Lipinski definition) is 4. The minimum atomic E-state index is -0.789. The first-order chi connectivity index (χ1) is 4.84. The molecule has 0 radical (unpaired) electrons. The lowest BCUT2D eigenvalue weighted by molar-refractivity contribution is 0.218. The zero-order valence-corrected chi connectivity index (χ0v) is 5.31. The number of rotatable bonds is 2. The van der Waals surface area contributed by atoms with Crippen molar-refractivity contribution in [3.63, 3.8) is 0 Å². The minimum absolute atomic E-state index is 0.324. The molecular formula is C6H7N3O. The Morgan fingerprint density at radius 1 is 1.50 bits per heavy atom. The maximum Gasteiger partial charge on any atom is 0.164 e. The Balaban J connectivity index is 2.84. The summed E-state index contributed by atoms with van der Waals surface area (Å²) in [6.07, 6.45) is 3.22. The molecule has 1 N–H and O–H groups in total. The summed E-state index contributed by atoms with van der Waals surface area (Å²) in [6.45, 7) is 3.39. The van der Waals surface area contributed by atoms with Gasteiger partial charge in [0.2, 0.25) is 0 Å². The highest BCUT2D eigenvalue weighted by Gasteiger charge is 2.02. The number of aliphatic hydroxyl groups is 1. The van der Waals surface area contributed by atoms with Crippen LogP contribution >= 0.6 is 0 Å². The van der Waals surface area contributed by atoms with E-state index in [1.54, 1.807) is 0 Å². The van der Waals surface area contributed by atoms with Crippen molar-refractivity contribution >= 4 is 0 Å². The van der Waals surface area contributed by atoms with Crippen molar-refractivity contribution < 1.29 is 5.11 Å². The van der Waals surface area contributed by atoms with Gasteiger partial charge >= 0.3 is 0 Å². The standard InChI is InChI=1S/C6H7N3O/c1-2-5(10)6-8-3-7-4-9-6/h2-5,10H,1H2. The van der Waals surface area contributed by atoms with E-state index in [4.69, 9.17) is 5.11 Å². The third-order valence-electron chi connectivity index (χ3n) is 1.00. The molecule has 1 unspecified atom stereocenters. The molecular weight excluding hydrogens is 130 g/mol. The predicted octanol–water partition coefficient (Wildman–Crippen LogP) is 0.0910. The van der Waals surface area contributed by atoms with Crippen molar-refractivity contribution in [2.24, 2.45) is 0 Å². The van der Waals surface area contributed by atoms with Gasteiger partial charge in [0.1, 0.15) is 18.8 Å². The second-order valence-corrected chi connectivity index (χ2v) is 1.68. The van der Waals surface area contributed by atoms with Crippen LogP contribution in [0, 0.1) is 0 Å². The molecule has 0 amide bonds. The van der Waals surface area contributed by atoms with E-state index in [9.17, 15) is 0 Å². The van der Waals surface area contributed by atoms with E-state index in [0.29, 0.717) is 5.82 Å². The van der Waals surface area contributed by atoms with Gasteiger partial charge in [-0.2, -0.15) is 0 Å². The van der Waals surface area contributed by atoms with Gasteiger partial charge in [0.25, 0.3) is 0 Å². The van der Waals surface area contributed by atoms with E-state index in [2.05, 4.69) is 21.5 Å². The molecule has 10 heavy (non-hydrogen) atoms. The third kappa shape index (κ3) is 1.35. The van der Waals surface area contributed by atoms with Crippen molar-refractivity contribution in [2.45, 2.75) is 6.10 Å². The zero-order chi connectivity index (χ0) is 7.40. The van der Waals surface area contributed by atoms with Crippen LogP contribution < -0.4 is 0 Å². The monoisotopic (exact) mass is 137 g/mol. The fraction of sp³-hybridized carbons (Fsp3) is 0.167. The lowest BCUT2D eigenvalue weighted by Gasteiger charge is -1.99. The highest BCUT2D eigenvalue weighted by molar-refractivity contribution is 4.96. The smallest absolute Gasteiger partial charge is 0.164 e. The van der Waals surface area contributed by atoms with Crippen LogP contribution in [0.2, 0.25) is 0 Å². The summed E-state index contributed by atoms with van der Waals surface area (Å²) in [4.78, 5) is 11.0. The summed E-state index contributed by atoms with van der Waals surface area (Å²) >= 11 is 0. The first-order valence-corrected chi connectivity index (χ1v) is 2.77. The molecule has 1 aromatic rings. The average Bonchev–Trinajstić information content (AvgIpc) is 2.05. The molecule has 0 aliphatic heterocycles. The van der Waals surface area contributed by atoms with E-state index in [1.807, 2.05) is 0 Å². The van der Waals surface area contributed by atoms with Crippen LogP contribution in [0.4, 0.5) is 0 Å². The van der Waals surface area contributed by atoms with Crippen LogP contribution in [0.3, 0.4) is 0 Å². The molecule has 1 rings (SSSR count).